The molecule has 0 aliphatic carbocycles. The smallest absolute Gasteiger partial charge is 0.275 e. The van der Waals surface area contributed by atoms with Gasteiger partial charge in [0.1, 0.15) is 17.3 Å². The number of nitrogens with one attached hydrogen (secondary N) is 2. The summed E-state index contributed by atoms with van der Waals surface area (Å²) in [5, 5.41) is 5.74. The number of carbonyl (C=O) groups is 1. The highest BCUT2D eigenvalue weighted by molar-refractivity contribution is 6.02. The van der Waals surface area contributed by atoms with Gasteiger partial charge in [-0.2, -0.15) is 0 Å². The number of anilines is 2. The molecule has 2 aromatic rings. The molecule has 6 nitrogen and oxygen atoms in total. The minimum Gasteiger partial charge on any atom is -0.368 e. The van der Waals surface area contributed by atoms with Gasteiger partial charge in [0.2, 0.25) is 0 Å². The Balaban J connectivity index is 1.91. The number of aromatic nitrogens is 2. The highest BCUT2D eigenvalue weighted by atomic mass is 19.1. The molecule has 1 aromatic heterocycles. The van der Waals surface area contributed by atoms with Gasteiger partial charge in [-0.15, -0.1) is 0 Å². The third-order valence-corrected chi connectivity index (χ3v) is 2.85. The van der Waals surface area contributed by atoms with E-state index in [0.29, 0.717) is 11.5 Å². The predicted molar refractivity (Wildman–Crippen MR) is 83.4 cm³/mol. The van der Waals surface area contributed by atoms with Crippen LogP contribution in [0.1, 0.15) is 10.5 Å². The van der Waals surface area contributed by atoms with E-state index in [1.165, 1.54) is 36.7 Å². The van der Waals surface area contributed by atoms with E-state index in [4.69, 9.17) is 0 Å². The van der Waals surface area contributed by atoms with E-state index in [1.807, 2.05) is 19.0 Å². The molecular formula is C15H18FN5O. The van der Waals surface area contributed by atoms with Crippen LogP contribution in [0.2, 0.25) is 0 Å². The van der Waals surface area contributed by atoms with Crippen molar-refractivity contribution in [3.8, 4) is 0 Å². The summed E-state index contributed by atoms with van der Waals surface area (Å²) in [7, 11) is 3.96. The van der Waals surface area contributed by atoms with E-state index in [2.05, 4.69) is 20.6 Å². The first-order valence-corrected chi connectivity index (χ1v) is 6.82. The van der Waals surface area contributed by atoms with E-state index in [1.54, 1.807) is 0 Å². The van der Waals surface area contributed by atoms with Crippen LogP contribution in [-0.4, -0.2) is 48.0 Å². The fourth-order valence-electron chi connectivity index (χ4n) is 1.67. The lowest BCUT2D eigenvalue weighted by Gasteiger charge is -2.10. The quantitative estimate of drug-likeness (QED) is 0.852. The maximum Gasteiger partial charge on any atom is 0.275 e. The average molecular weight is 303 g/mol. The number of rotatable bonds is 6. The number of hydrogen-bond donors (Lipinski definition) is 2. The summed E-state index contributed by atoms with van der Waals surface area (Å²) in [6.45, 7) is 1.61. The molecule has 0 spiro atoms. The molecular weight excluding hydrogens is 285 g/mol. The number of carbonyl (C=O) groups excluding carboxylic acids is 1. The maximum absolute atomic E-state index is 12.8. The zero-order valence-corrected chi connectivity index (χ0v) is 12.5. The molecule has 0 aliphatic rings. The van der Waals surface area contributed by atoms with Crippen molar-refractivity contribution >= 4 is 17.4 Å². The number of hydrogen-bond acceptors (Lipinski definition) is 5. The average Bonchev–Trinajstić information content (AvgIpc) is 2.50. The Morgan fingerprint density at radius 1 is 1.18 bits per heavy atom. The Hall–Kier alpha value is -2.54. The molecule has 0 atom stereocenters. The van der Waals surface area contributed by atoms with Crippen molar-refractivity contribution in [1.29, 1.82) is 0 Å². The Labute approximate surface area is 128 Å². The molecule has 2 N–H and O–H groups in total. The fourth-order valence-corrected chi connectivity index (χ4v) is 1.67. The van der Waals surface area contributed by atoms with E-state index < -0.39 is 0 Å². The van der Waals surface area contributed by atoms with Gasteiger partial charge in [0.25, 0.3) is 5.91 Å². The van der Waals surface area contributed by atoms with Crippen LogP contribution in [0.25, 0.3) is 0 Å². The normalized spacial score (nSPS) is 10.5. The van der Waals surface area contributed by atoms with Crippen molar-refractivity contribution in [2.24, 2.45) is 0 Å². The molecule has 0 unspecified atom stereocenters. The van der Waals surface area contributed by atoms with E-state index in [-0.39, 0.29) is 17.4 Å². The maximum atomic E-state index is 12.8. The van der Waals surface area contributed by atoms with E-state index >= 15 is 0 Å². The third kappa shape index (κ3) is 4.78. The number of amides is 1. The van der Waals surface area contributed by atoms with E-state index in [0.717, 1.165) is 13.1 Å². The summed E-state index contributed by atoms with van der Waals surface area (Å²) in [4.78, 5) is 22.2. The fraction of sp³-hybridized carbons (Fsp3) is 0.267. The van der Waals surface area contributed by atoms with Crippen molar-refractivity contribution < 1.29 is 9.18 Å². The van der Waals surface area contributed by atoms with Gasteiger partial charge in [-0.25, -0.2) is 14.4 Å². The molecule has 116 valence electrons. The summed E-state index contributed by atoms with van der Waals surface area (Å²) in [6, 6.07) is 5.52. The highest BCUT2D eigenvalue weighted by Gasteiger charge is 2.08. The second-order valence-electron chi connectivity index (χ2n) is 4.98. The summed E-state index contributed by atoms with van der Waals surface area (Å²) in [5.74, 6) is -0.134. The van der Waals surface area contributed by atoms with Crippen LogP contribution in [0.5, 0.6) is 0 Å². The number of likely N-dealkylation sites (N-methyl/N-ethyl adjacent to an activating group) is 1. The molecule has 1 heterocycles. The van der Waals surface area contributed by atoms with Gasteiger partial charge >= 0.3 is 0 Å². The van der Waals surface area contributed by atoms with Crippen molar-refractivity contribution in [1.82, 2.24) is 14.9 Å². The number of nitrogens with zero attached hydrogens (tertiary/aromatic N) is 3. The van der Waals surface area contributed by atoms with Gasteiger partial charge < -0.3 is 15.5 Å². The van der Waals surface area contributed by atoms with Crippen LogP contribution >= 0.6 is 0 Å². The minimum atomic E-state index is -0.390. The molecule has 0 radical (unpaired) electrons. The molecule has 0 saturated heterocycles. The van der Waals surface area contributed by atoms with Crippen molar-refractivity contribution in [2.75, 3.05) is 37.8 Å². The lowest BCUT2D eigenvalue weighted by atomic mass is 10.3. The summed E-state index contributed by atoms with van der Waals surface area (Å²) in [5.41, 5.74) is 0.698. The Kier molecular flexibility index (Phi) is 5.37. The Morgan fingerprint density at radius 2 is 1.91 bits per heavy atom. The van der Waals surface area contributed by atoms with Crippen LogP contribution in [0.3, 0.4) is 0 Å². The van der Waals surface area contributed by atoms with Gasteiger partial charge in [-0.05, 0) is 38.4 Å². The Morgan fingerprint density at radius 3 is 2.50 bits per heavy atom. The van der Waals surface area contributed by atoms with Crippen LogP contribution in [0.15, 0.2) is 36.7 Å². The van der Waals surface area contributed by atoms with Gasteiger partial charge in [0, 0.05) is 18.8 Å². The molecule has 22 heavy (non-hydrogen) atoms. The zero-order valence-electron chi connectivity index (χ0n) is 12.5. The van der Waals surface area contributed by atoms with E-state index in [9.17, 15) is 9.18 Å². The lowest BCUT2D eigenvalue weighted by Crippen LogP contribution is -2.21. The first-order valence-electron chi connectivity index (χ1n) is 6.82. The van der Waals surface area contributed by atoms with Gasteiger partial charge in [0.05, 0.1) is 12.4 Å². The zero-order chi connectivity index (χ0) is 15.9. The van der Waals surface area contributed by atoms with Crippen molar-refractivity contribution in [3.63, 3.8) is 0 Å². The SMILES string of the molecule is CN(C)CCNc1cnc(C(=O)Nc2ccc(F)cc2)cn1. The topological polar surface area (TPSA) is 70.2 Å². The summed E-state index contributed by atoms with van der Waals surface area (Å²) < 4.78 is 12.8. The summed E-state index contributed by atoms with van der Waals surface area (Å²) in [6.07, 6.45) is 2.91. The molecule has 0 bridgehead atoms. The molecule has 0 aliphatic heterocycles. The predicted octanol–water partition coefficient (Wildman–Crippen LogP) is 1.84. The first kappa shape index (κ1) is 15.8. The Bertz CT molecular complexity index is 613. The molecule has 1 amide bonds. The largest absolute Gasteiger partial charge is 0.368 e. The van der Waals surface area contributed by atoms with Gasteiger partial charge in [-0.1, -0.05) is 0 Å². The van der Waals surface area contributed by atoms with Crippen molar-refractivity contribution in [2.45, 2.75) is 0 Å². The van der Waals surface area contributed by atoms with Crippen LogP contribution in [0, 0.1) is 5.82 Å². The monoisotopic (exact) mass is 303 g/mol. The lowest BCUT2D eigenvalue weighted by molar-refractivity contribution is 0.102. The minimum absolute atomic E-state index is 0.197. The molecule has 0 fully saturated rings. The standard InChI is InChI=1S/C15H18FN5O/c1-21(2)8-7-17-14-10-18-13(9-19-14)15(22)20-12-5-3-11(16)4-6-12/h3-6,9-10H,7-8H2,1-2H3,(H,17,19)(H,20,22). The van der Waals surface area contributed by atoms with Gasteiger partial charge in [-0.3, -0.25) is 4.79 Å². The highest BCUT2D eigenvalue weighted by Crippen LogP contribution is 2.10. The van der Waals surface area contributed by atoms with Crippen LogP contribution in [0.4, 0.5) is 15.9 Å². The molecule has 0 saturated carbocycles. The van der Waals surface area contributed by atoms with Gasteiger partial charge in [0.15, 0.2) is 0 Å². The van der Waals surface area contributed by atoms with Crippen LogP contribution in [-0.2, 0) is 0 Å². The van der Waals surface area contributed by atoms with Crippen LogP contribution < -0.4 is 10.6 Å². The number of halogens is 1. The van der Waals surface area contributed by atoms with Crippen molar-refractivity contribution in [3.05, 3.63) is 48.2 Å². The second kappa shape index (κ2) is 7.46. The molecule has 2 rings (SSSR count). The number of benzene rings is 1. The molecule has 1 aromatic carbocycles. The summed E-state index contributed by atoms with van der Waals surface area (Å²) >= 11 is 0. The molecule has 7 heteroatoms. The first-order chi connectivity index (χ1) is 10.5. The third-order valence-electron chi connectivity index (χ3n) is 2.85. The second-order valence-corrected chi connectivity index (χ2v) is 4.98.